The van der Waals surface area contributed by atoms with Gasteiger partial charge in [-0.1, -0.05) is 18.2 Å². The van der Waals surface area contributed by atoms with Crippen LogP contribution in [0.3, 0.4) is 0 Å². The molecule has 0 aliphatic carbocycles. The fraction of sp³-hybridized carbons (Fsp3) is 0.0435. The lowest BCUT2D eigenvalue weighted by atomic mass is 10.1. The van der Waals surface area contributed by atoms with Gasteiger partial charge in [0.25, 0.3) is 10.1 Å². The van der Waals surface area contributed by atoms with Crippen LogP contribution in [0.1, 0.15) is 5.56 Å². The van der Waals surface area contributed by atoms with Crippen LogP contribution in [0.25, 0.3) is 10.8 Å². The first kappa shape index (κ1) is 21.3. The van der Waals surface area contributed by atoms with Crippen LogP contribution in [0, 0.1) is 6.92 Å². The van der Waals surface area contributed by atoms with Crippen molar-refractivity contribution in [3.63, 3.8) is 0 Å². The number of phenolic OH excluding ortho intramolecular Hbond substituents is 1. The van der Waals surface area contributed by atoms with Crippen LogP contribution in [0.2, 0.25) is 0 Å². The van der Waals surface area contributed by atoms with Crippen molar-refractivity contribution in [2.45, 2.75) is 11.8 Å². The highest BCUT2D eigenvalue weighted by Gasteiger charge is 2.14. The maximum atomic E-state index is 11.7. The number of aryl methyl sites for hydroxylation is 1. The van der Waals surface area contributed by atoms with E-state index in [1.54, 1.807) is 24.3 Å². The second kappa shape index (κ2) is 8.66. The molecule has 0 fully saturated rings. The summed E-state index contributed by atoms with van der Waals surface area (Å²) >= 11 is 0. The summed E-state index contributed by atoms with van der Waals surface area (Å²) in [6.45, 7) is 1.95. The summed E-state index contributed by atoms with van der Waals surface area (Å²) < 4.78 is 32.8. The number of aromatic hydroxyl groups is 1. The Morgan fingerprint density at radius 2 is 1.34 bits per heavy atom. The van der Waals surface area contributed by atoms with E-state index in [1.165, 1.54) is 30.3 Å². The van der Waals surface area contributed by atoms with Crippen molar-refractivity contribution >= 4 is 43.6 Å². The van der Waals surface area contributed by atoms with E-state index in [0.29, 0.717) is 33.5 Å². The molecule has 0 heterocycles. The van der Waals surface area contributed by atoms with Crippen molar-refractivity contribution in [1.29, 1.82) is 0 Å². The Labute approximate surface area is 184 Å². The number of nitrogens with zero attached hydrogens (tertiary/aromatic N) is 4. The SMILES string of the molecule is Cc1cccc(N=Nc2ccc(N=Nc3ccc(O)cc3)c3ccc(S(=O)(=O)O)cc23)c1. The predicted molar refractivity (Wildman–Crippen MR) is 121 cm³/mol. The Balaban J connectivity index is 1.81. The molecule has 2 N–H and O–H groups in total. The molecule has 0 saturated carbocycles. The molecular weight excluding hydrogens is 428 g/mol. The smallest absolute Gasteiger partial charge is 0.294 e. The van der Waals surface area contributed by atoms with Crippen LogP contribution >= 0.6 is 0 Å². The van der Waals surface area contributed by atoms with Crippen LogP contribution in [-0.2, 0) is 10.1 Å². The quantitative estimate of drug-likeness (QED) is 0.255. The van der Waals surface area contributed by atoms with Gasteiger partial charge < -0.3 is 5.11 Å². The van der Waals surface area contributed by atoms with Crippen molar-refractivity contribution in [3.05, 3.63) is 84.4 Å². The Bertz CT molecular complexity index is 1460. The standard InChI is InChI=1S/C23H18N4O4S/c1-15-3-2-4-17(13-15)25-27-23-12-11-22(26-24-16-5-7-18(28)8-6-16)20-10-9-19(14-21(20)23)32(29,30)31/h2-14,28H,1H3,(H,29,30,31). The minimum Gasteiger partial charge on any atom is -0.508 e. The number of rotatable bonds is 5. The predicted octanol–water partition coefficient (Wildman–Crippen LogP) is 6.93. The molecule has 0 bridgehead atoms. The van der Waals surface area contributed by atoms with Gasteiger partial charge in [0.15, 0.2) is 0 Å². The average molecular weight is 446 g/mol. The highest BCUT2D eigenvalue weighted by molar-refractivity contribution is 7.85. The van der Waals surface area contributed by atoms with Crippen LogP contribution in [0.15, 0.2) is 104 Å². The maximum absolute atomic E-state index is 11.7. The van der Waals surface area contributed by atoms with Crippen molar-refractivity contribution < 1.29 is 18.1 Å². The molecule has 9 heteroatoms. The third-order valence-corrected chi connectivity index (χ3v) is 5.49. The molecule has 0 spiro atoms. The molecular formula is C23H18N4O4S. The molecule has 0 aromatic heterocycles. The second-order valence-electron chi connectivity index (χ2n) is 7.04. The molecule has 0 aliphatic rings. The number of fused-ring (bicyclic) bond motifs is 1. The summed E-state index contributed by atoms with van der Waals surface area (Å²) in [6.07, 6.45) is 0. The van der Waals surface area contributed by atoms with E-state index in [0.717, 1.165) is 5.56 Å². The summed E-state index contributed by atoms with van der Waals surface area (Å²) in [5.74, 6) is 0.121. The molecule has 4 rings (SSSR count). The highest BCUT2D eigenvalue weighted by atomic mass is 32.2. The zero-order chi connectivity index (χ0) is 22.7. The Hall–Kier alpha value is -3.95. The van der Waals surface area contributed by atoms with Gasteiger partial charge in [0, 0.05) is 10.8 Å². The van der Waals surface area contributed by atoms with Crippen molar-refractivity contribution in [2.24, 2.45) is 20.5 Å². The Kier molecular flexibility index (Phi) is 5.76. The van der Waals surface area contributed by atoms with E-state index in [2.05, 4.69) is 20.5 Å². The van der Waals surface area contributed by atoms with Gasteiger partial charge >= 0.3 is 0 Å². The molecule has 0 amide bonds. The van der Waals surface area contributed by atoms with E-state index in [1.807, 2.05) is 31.2 Å². The van der Waals surface area contributed by atoms with E-state index in [4.69, 9.17) is 0 Å². The minimum atomic E-state index is -4.41. The lowest BCUT2D eigenvalue weighted by Gasteiger charge is -2.06. The largest absolute Gasteiger partial charge is 0.508 e. The number of benzene rings is 4. The van der Waals surface area contributed by atoms with Gasteiger partial charge in [-0.15, -0.1) is 10.2 Å². The van der Waals surface area contributed by atoms with Crippen LogP contribution in [-0.4, -0.2) is 18.1 Å². The lowest BCUT2D eigenvalue weighted by Crippen LogP contribution is -1.97. The van der Waals surface area contributed by atoms with E-state index >= 15 is 0 Å². The van der Waals surface area contributed by atoms with E-state index in [9.17, 15) is 18.1 Å². The topological polar surface area (TPSA) is 124 Å². The molecule has 32 heavy (non-hydrogen) atoms. The summed E-state index contributed by atoms with van der Waals surface area (Å²) in [7, 11) is -4.41. The van der Waals surface area contributed by atoms with Gasteiger partial charge in [-0.2, -0.15) is 18.6 Å². The van der Waals surface area contributed by atoms with Crippen molar-refractivity contribution in [3.8, 4) is 5.75 Å². The summed E-state index contributed by atoms with van der Waals surface area (Å²) in [6, 6.07) is 21.2. The molecule has 8 nitrogen and oxygen atoms in total. The van der Waals surface area contributed by atoms with Gasteiger partial charge in [0.1, 0.15) is 5.75 Å². The minimum absolute atomic E-state index is 0.121. The van der Waals surface area contributed by atoms with E-state index in [-0.39, 0.29) is 10.6 Å². The Morgan fingerprint density at radius 1 is 0.688 bits per heavy atom. The summed E-state index contributed by atoms with van der Waals surface area (Å²) in [5.41, 5.74) is 3.11. The first-order chi connectivity index (χ1) is 15.3. The highest BCUT2D eigenvalue weighted by Crippen LogP contribution is 2.36. The van der Waals surface area contributed by atoms with Crippen LogP contribution < -0.4 is 0 Å². The zero-order valence-corrected chi connectivity index (χ0v) is 17.7. The third-order valence-electron chi connectivity index (χ3n) is 4.64. The fourth-order valence-corrected chi connectivity index (χ4v) is 3.57. The summed E-state index contributed by atoms with van der Waals surface area (Å²) in [5, 5.41) is 27.4. The molecule has 0 radical (unpaired) electrons. The van der Waals surface area contributed by atoms with Crippen molar-refractivity contribution in [2.75, 3.05) is 0 Å². The zero-order valence-electron chi connectivity index (χ0n) is 16.9. The van der Waals surface area contributed by atoms with Gasteiger partial charge in [-0.25, -0.2) is 0 Å². The van der Waals surface area contributed by atoms with Crippen molar-refractivity contribution in [1.82, 2.24) is 0 Å². The first-order valence-corrected chi connectivity index (χ1v) is 11.0. The first-order valence-electron chi connectivity index (χ1n) is 9.53. The van der Waals surface area contributed by atoms with E-state index < -0.39 is 10.1 Å². The monoisotopic (exact) mass is 446 g/mol. The lowest BCUT2D eigenvalue weighted by molar-refractivity contribution is 0.475. The molecule has 4 aromatic rings. The molecule has 0 aliphatic heterocycles. The number of hydrogen-bond donors (Lipinski definition) is 2. The van der Waals surface area contributed by atoms with Gasteiger partial charge in [-0.05, 0) is 73.2 Å². The number of hydrogen-bond acceptors (Lipinski definition) is 7. The van der Waals surface area contributed by atoms with Crippen LogP contribution in [0.5, 0.6) is 5.75 Å². The van der Waals surface area contributed by atoms with Gasteiger partial charge in [0.05, 0.1) is 27.6 Å². The molecule has 0 atom stereocenters. The van der Waals surface area contributed by atoms with Gasteiger partial charge in [0.2, 0.25) is 0 Å². The van der Waals surface area contributed by atoms with Gasteiger partial charge in [-0.3, -0.25) is 4.55 Å². The third kappa shape index (κ3) is 4.85. The van der Waals surface area contributed by atoms with Crippen LogP contribution in [0.4, 0.5) is 22.7 Å². The molecule has 0 unspecified atom stereocenters. The fourth-order valence-electron chi connectivity index (χ4n) is 3.06. The maximum Gasteiger partial charge on any atom is 0.294 e. The molecule has 160 valence electrons. The molecule has 0 saturated heterocycles. The molecule has 4 aromatic carbocycles. The normalized spacial score (nSPS) is 12.2. The number of azo groups is 2. The average Bonchev–Trinajstić information content (AvgIpc) is 2.76. The Morgan fingerprint density at radius 3 is 2.00 bits per heavy atom. The number of phenols is 1. The second-order valence-corrected chi connectivity index (χ2v) is 8.46. The summed E-state index contributed by atoms with van der Waals surface area (Å²) in [4.78, 5) is -0.260.